The maximum Gasteiger partial charge on any atom is 0.226 e. The van der Waals surface area contributed by atoms with Crippen molar-refractivity contribution in [3.63, 3.8) is 0 Å². The zero-order valence-corrected chi connectivity index (χ0v) is 11.0. The van der Waals surface area contributed by atoms with Crippen molar-refractivity contribution in [3.05, 3.63) is 0 Å². The van der Waals surface area contributed by atoms with Gasteiger partial charge in [-0.05, 0) is 25.7 Å². The van der Waals surface area contributed by atoms with Gasteiger partial charge in [0.1, 0.15) is 0 Å². The first-order valence-corrected chi connectivity index (χ1v) is 6.80. The van der Waals surface area contributed by atoms with Crippen molar-refractivity contribution in [3.8, 4) is 0 Å². The lowest BCUT2D eigenvalue weighted by molar-refractivity contribution is -0.141. The summed E-state index contributed by atoms with van der Waals surface area (Å²) in [5, 5.41) is 9.25. The molecule has 1 N–H and O–H groups in total. The molecule has 2 fully saturated rings. The van der Waals surface area contributed by atoms with Gasteiger partial charge in [-0.25, -0.2) is 0 Å². The predicted octanol–water partition coefficient (Wildman–Crippen LogP) is 0.228. The summed E-state index contributed by atoms with van der Waals surface area (Å²) in [6.45, 7) is 3.78. The number of likely N-dealkylation sites (tertiary alicyclic amines) is 2. The number of aliphatic hydroxyl groups is 1. The summed E-state index contributed by atoms with van der Waals surface area (Å²) < 4.78 is 0. The monoisotopic (exact) mass is 254 g/mol. The van der Waals surface area contributed by atoms with Gasteiger partial charge in [-0.2, -0.15) is 0 Å². The van der Waals surface area contributed by atoms with Crippen LogP contribution in [0.1, 0.15) is 32.6 Å². The van der Waals surface area contributed by atoms with E-state index in [-0.39, 0.29) is 30.4 Å². The minimum absolute atomic E-state index is 0.0170. The topological polar surface area (TPSA) is 60.9 Å². The predicted molar refractivity (Wildman–Crippen MR) is 66.8 cm³/mol. The Morgan fingerprint density at radius 2 is 1.83 bits per heavy atom. The van der Waals surface area contributed by atoms with E-state index in [1.165, 1.54) is 0 Å². The smallest absolute Gasteiger partial charge is 0.226 e. The van der Waals surface area contributed by atoms with Crippen LogP contribution in [0.15, 0.2) is 0 Å². The molecule has 0 bridgehead atoms. The Bertz CT molecular complexity index is 324. The molecule has 102 valence electrons. The number of rotatable bonds is 2. The molecule has 5 heteroatoms. The number of hydrogen-bond donors (Lipinski definition) is 1. The number of nitrogens with zero attached hydrogens (tertiary/aromatic N) is 2. The van der Waals surface area contributed by atoms with Crippen LogP contribution < -0.4 is 0 Å². The second-order valence-corrected chi connectivity index (χ2v) is 5.29. The first-order chi connectivity index (χ1) is 8.63. The van der Waals surface area contributed by atoms with E-state index in [0.29, 0.717) is 13.1 Å². The summed E-state index contributed by atoms with van der Waals surface area (Å²) in [5.41, 5.74) is 0. The van der Waals surface area contributed by atoms with Gasteiger partial charge in [-0.1, -0.05) is 0 Å². The van der Waals surface area contributed by atoms with E-state index in [1.807, 2.05) is 4.90 Å². The first kappa shape index (κ1) is 13.3. The average Bonchev–Trinajstić information content (AvgIpc) is 2.86. The fraction of sp³-hybridized carbons (Fsp3) is 0.846. The van der Waals surface area contributed by atoms with Gasteiger partial charge in [0.25, 0.3) is 0 Å². The van der Waals surface area contributed by atoms with Crippen molar-refractivity contribution in [1.82, 2.24) is 9.80 Å². The minimum Gasteiger partial charge on any atom is -0.394 e. The lowest BCUT2D eigenvalue weighted by Crippen LogP contribution is -2.46. The molecule has 0 aromatic heterocycles. The molecule has 1 atom stereocenters. The van der Waals surface area contributed by atoms with Crippen molar-refractivity contribution in [2.75, 3.05) is 26.2 Å². The molecule has 18 heavy (non-hydrogen) atoms. The van der Waals surface area contributed by atoms with Crippen LogP contribution in [0, 0.1) is 5.92 Å². The highest BCUT2D eigenvalue weighted by molar-refractivity contribution is 5.80. The van der Waals surface area contributed by atoms with Crippen LogP contribution in [0.4, 0.5) is 0 Å². The molecule has 2 rings (SSSR count). The molecule has 0 saturated carbocycles. The summed E-state index contributed by atoms with van der Waals surface area (Å²) in [6, 6.07) is 0.0170. The number of aliphatic hydroxyl groups excluding tert-OH is 1. The summed E-state index contributed by atoms with van der Waals surface area (Å²) in [7, 11) is 0. The minimum atomic E-state index is 0.0170. The molecular formula is C13H22N2O3. The van der Waals surface area contributed by atoms with Crippen molar-refractivity contribution in [2.24, 2.45) is 5.92 Å². The van der Waals surface area contributed by atoms with Gasteiger partial charge in [0, 0.05) is 32.5 Å². The van der Waals surface area contributed by atoms with Gasteiger partial charge in [-0.3, -0.25) is 9.59 Å². The molecule has 0 aromatic carbocycles. The van der Waals surface area contributed by atoms with Gasteiger partial charge >= 0.3 is 0 Å². The van der Waals surface area contributed by atoms with Crippen LogP contribution >= 0.6 is 0 Å². The maximum absolute atomic E-state index is 12.4. The van der Waals surface area contributed by atoms with Gasteiger partial charge < -0.3 is 14.9 Å². The zero-order valence-electron chi connectivity index (χ0n) is 11.0. The summed E-state index contributed by atoms with van der Waals surface area (Å²) in [5.74, 6) is 0.304. The molecule has 2 aliphatic heterocycles. The largest absolute Gasteiger partial charge is 0.394 e. The Hall–Kier alpha value is -1.10. The zero-order chi connectivity index (χ0) is 13.1. The van der Waals surface area contributed by atoms with E-state index >= 15 is 0 Å². The van der Waals surface area contributed by atoms with Gasteiger partial charge in [0.05, 0.1) is 12.6 Å². The normalized spacial score (nSPS) is 25.6. The molecule has 2 heterocycles. The number of hydrogen-bond acceptors (Lipinski definition) is 3. The Morgan fingerprint density at radius 3 is 2.39 bits per heavy atom. The summed E-state index contributed by atoms with van der Waals surface area (Å²) in [4.78, 5) is 27.2. The molecule has 0 aliphatic carbocycles. The fourth-order valence-electron chi connectivity index (χ4n) is 2.99. The van der Waals surface area contributed by atoms with Gasteiger partial charge in [0.15, 0.2) is 0 Å². The Labute approximate surface area is 108 Å². The Kier molecular flexibility index (Phi) is 4.22. The first-order valence-electron chi connectivity index (χ1n) is 6.80. The highest BCUT2D eigenvalue weighted by Gasteiger charge is 2.34. The molecule has 2 saturated heterocycles. The molecule has 2 amide bonds. The van der Waals surface area contributed by atoms with Crippen LogP contribution in [0.2, 0.25) is 0 Å². The van der Waals surface area contributed by atoms with E-state index in [0.717, 1.165) is 32.2 Å². The third-order valence-electron chi connectivity index (χ3n) is 4.16. The van der Waals surface area contributed by atoms with Crippen LogP contribution in [0.25, 0.3) is 0 Å². The Balaban J connectivity index is 1.89. The van der Waals surface area contributed by atoms with Crippen LogP contribution in [0.5, 0.6) is 0 Å². The number of carbonyl (C=O) groups is 2. The molecule has 5 nitrogen and oxygen atoms in total. The molecule has 0 unspecified atom stereocenters. The molecule has 0 aromatic rings. The van der Waals surface area contributed by atoms with Gasteiger partial charge in [-0.15, -0.1) is 0 Å². The number of carbonyl (C=O) groups excluding carboxylic acids is 2. The molecule has 2 aliphatic rings. The van der Waals surface area contributed by atoms with E-state index in [4.69, 9.17) is 0 Å². The second kappa shape index (κ2) is 5.69. The quantitative estimate of drug-likeness (QED) is 0.767. The number of amides is 2. The SMILES string of the molecule is CC(=O)N1CCC(C(=O)N2CCC[C@H]2CO)CC1. The molecular weight excluding hydrogens is 232 g/mol. The van der Waals surface area contributed by atoms with Crippen molar-refractivity contribution in [2.45, 2.75) is 38.6 Å². The number of piperidine rings is 1. The standard InChI is InChI=1S/C13H22N2O3/c1-10(17)14-7-4-11(5-8-14)13(18)15-6-2-3-12(15)9-16/h11-12,16H,2-9H2,1H3/t12-/m0/s1. The second-order valence-electron chi connectivity index (χ2n) is 5.29. The van der Waals surface area contributed by atoms with Crippen molar-refractivity contribution < 1.29 is 14.7 Å². The summed E-state index contributed by atoms with van der Waals surface area (Å²) >= 11 is 0. The van der Waals surface area contributed by atoms with Crippen LogP contribution in [-0.4, -0.2) is 59.0 Å². The van der Waals surface area contributed by atoms with E-state index in [2.05, 4.69) is 0 Å². The third-order valence-corrected chi connectivity index (χ3v) is 4.16. The lowest BCUT2D eigenvalue weighted by Gasteiger charge is -2.34. The van der Waals surface area contributed by atoms with Crippen LogP contribution in [0.3, 0.4) is 0 Å². The van der Waals surface area contributed by atoms with Crippen molar-refractivity contribution >= 4 is 11.8 Å². The third kappa shape index (κ3) is 2.66. The highest BCUT2D eigenvalue weighted by Crippen LogP contribution is 2.25. The van der Waals surface area contributed by atoms with E-state index in [9.17, 15) is 14.7 Å². The fourth-order valence-corrected chi connectivity index (χ4v) is 2.99. The lowest BCUT2D eigenvalue weighted by atomic mass is 9.95. The average molecular weight is 254 g/mol. The van der Waals surface area contributed by atoms with E-state index in [1.54, 1.807) is 11.8 Å². The van der Waals surface area contributed by atoms with Crippen LogP contribution in [-0.2, 0) is 9.59 Å². The van der Waals surface area contributed by atoms with Gasteiger partial charge in [0.2, 0.25) is 11.8 Å². The Morgan fingerprint density at radius 1 is 1.17 bits per heavy atom. The van der Waals surface area contributed by atoms with Crippen molar-refractivity contribution in [1.29, 1.82) is 0 Å². The molecule has 0 radical (unpaired) electrons. The summed E-state index contributed by atoms with van der Waals surface area (Å²) in [6.07, 6.45) is 3.41. The van der Waals surface area contributed by atoms with E-state index < -0.39 is 0 Å². The molecule has 0 spiro atoms. The highest BCUT2D eigenvalue weighted by atomic mass is 16.3. The maximum atomic E-state index is 12.4.